The van der Waals surface area contributed by atoms with Crippen LogP contribution in [0.3, 0.4) is 0 Å². The van der Waals surface area contributed by atoms with E-state index < -0.39 is 6.09 Å². The number of carboxylic acid groups (broad SMARTS) is 1. The molecule has 0 aromatic rings. The fourth-order valence-corrected chi connectivity index (χ4v) is 0.289. The third-order valence-electron chi connectivity index (χ3n) is 0.791. The minimum atomic E-state index is -0.935. The largest absolute Gasteiger partial charge is 0.465 e. The second kappa shape index (κ2) is 5.65. The summed E-state index contributed by atoms with van der Waals surface area (Å²) in [6, 6.07) is 0. The molecule has 0 aromatic heterocycles. The Hall–Kier alpha value is -0.480. The van der Waals surface area contributed by atoms with Crippen molar-refractivity contribution in [2.24, 2.45) is 5.73 Å². The van der Waals surface area contributed by atoms with Gasteiger partial charge in [0.15, 0.2) is 0 Å². The second-order valence-corrected chi connectivity index (χ2v) is 1.49. The fourth-order valence-electron chi connectivity index (χ4n) is 0.289. The molecule has 0 unspecified atom stereocenters. The summed E-state index contributed by atoms with van der Waals surface area (Å²) >= 11 is 0. The molecule has 3 N–H and O–H groups in total. The first kappa shape index (κ1) is 11.3. The number of halogens is 1. The van der Waals surface area contributed by atoms with Crippen LogP contribution in [-0.4, -0.2) is 36.2 Å². The minimum Gasteiger partial charge on any atom is -0.465 e. The average Bonchev–Trinajstić information content (AvgIpc) is 1.67. The second-order valence-electron chi connectivity index (χ2n) is 1.49. The van der Waals surface area contributed by atoms with Crippen molar-refractivity contribution in [1.29, 1.82) is 0 Å². The molecule has 0 radical (unpaired) electrons. The Morgan fingerprint density at radius 3 is 2.33 bits per heavy atom. The van der Waals surface area contributed by atoms with Gasteiger partial charge in [-0.05, 0) is 0 Å². The standard InChI is InChI=1S/C4H10N2O2.ClH/c1-6(3-2-5)4(7)8;/h2-3,5H2,1H3,(H,7,8);1H. The molecule has 0 aliphatic rings. The predicted octanol–water partition coefficient (Wildman–Crippen LogP) is -0.0233. The molecule has 5 heteroatoms. The summed E-state index contributed by atoms with van der Waals surface area (Å²) in [5.74, 6) is 0. The van der Waals surface area contributed by atoms with Gasteiger partial charge in [-0.25, -0.2) is 4.79 Å². The van der Waals surface area contributed by atoms with Crippen LogP contribution in [0.25, 0.3) is 0 Å². The summed E-state index contributed by atoms with van der Waals surface area (Å²) in [6.45, 7) is 0.776. The maximum atomic E-state index is 9.96. The molecule has 4 nitrogen and oxygen atoms in total. The van der Waals surface area contributed by atoms with Crippen LogP contribution in [0.1, 0.15) is 0 Å². The molecule has 0 atom stereocenters. The smallest absolute Gasteiger partial charge is 0.407 e. The third-order valence-corrected chi connectivity index (χ3v) is 0.791. The molecule has 0 rings (SSSR count). The van der Waals surface area contributed by atoms with E-state index in [1.807, 2.05) is 0 Å². The highest BCUT2D eigenvalue weighted by molar-refractivity contribution is 5.85. The topological polar surface area (TPSA) is 66.6 Å². The van der Waals surface area contributed by atoms with Crippen LogP contribution < -0.4 is 5.73 Å². The van der Waals surface area contributed by atoms with Gasteiger partial charge in [0.1, 0.15) is 0 Å². The first-order valence-corrected chi connectivity index (χ1v) is 2.32. The molecule has 56 valence electrons. The van der Waals surface area contributed by atoms with E-state index in [1.54, 1.807) is 0 Å². The summed E-state index contributed by atoms with van der Waals surface area (Å²) in [6.07, 6.45) is -0.935. The number of carbonyl (C=O) groups is 1. The van der Waals surface area contributed by atoms with E-state index in [-0.39, 0.29) is 12.4 Å². The van der Waals surface area contributed by atoms with Crippen LogP contribution in [0, 0.1) is 0 Å². The molecule has 0 saturated carbocycles. The lowest BCUT2D eigenvalue weighted by Gasteiger charge is -2.09. The van der Waals surface area contributed by atoms with Gasteiger partial charge in [-0.15, -0.1) is 12.4 Å². The number of nitrogens with zero attached hydrogens (tertiary/aromatic N) is 1. The van der Waals surface area contributed by atoms with Crippen LogP contribution in [0.15, 0.2) is 0 Å². The zero-order chi connectivity index (χ0) is 6.57. The minimum absolute atomic E-state index is 0. The maximum Gasteiger partial charge on any atom is 0.407 e. The van der Waals surface area contributed by atoms with Gasteiger partial charge in [-0.2, -0.15) is 0 Å². The van der Waals surface area contributed by atoms with E-state index in [0.717, 1.165) is 4.90 Å². The molecule has 1 amide bonds. The first-order valence-electron chi connectivity index (χ1n) is 2.32. The normalized spacial score (nSPS) is 7.78. The number of likely N-dealkylation sites (N-methyl/N-ethyl adjacent to an activating group) is 1. The van der Waals surface area contributed by atoms with Gasteiger partial charge >= 0.3 is 6.09 Å². The summed E-state index contributed by atoms with van der Waals surface area (Å²) in [7, 11) is 1.48. The average molecular weight is 155 g/mol. The predicted molar refractivity (Wildman–Crippen MR) is 37.0 cm³/mol. The van der Waals surface area contributed by atoms with E-state index in [4.69, 9.17) is 10.8 Å². The lowest BCUT2D eigenvalue weighted by molar-refractivity contribution is 0.157. The van der Waals surface area contributed by atoms with Crippen LogP contribution >= 0.6 is 12.4 Å². The van der Waals surface area contributed by atoms with Crippen molar-refractivity contribution in [2.45, 2.75) is 0 Å². The maximum absolute atomic E-state index is 9.96. The van der Waals surface area contributed by atoms with Crippen molar-refractivity contribution in [3.63, 3.8) is 0 Å². The van der Waals surface area contributed by atoms with Gasteiger partial charge < -0.3 is 15.7 Å². The lowest BCUT2D eigenvalue weighted by atomic mass is 10.6. The Balaban J connectivity index is 0. The molecule has 0 heterocycles. The fraction of sp³-hybridized carbons (Fsp3) is 0.750. The molecule has 0 bridgehead atoms. The summed E-state index contributed by atoms with van der Waals surface area (Å²) in [5, 5.41) is 8.18. The first-order chi connectivity index (χ1) is 3.68. The van der Waals surface area contributed by atoms with E-state index >= 15 is 0 Å². The number of amides is 1. The monoisotopic (exact) mass is 154 g/mol. The van der Waals surface area contributed by atoms with Crippen molar-refractivity contribution in [3.8, 4) is 0 Å². The number of nitrogens with two attached hydrogens (primary N) is 1. The zero-order valence-electron chi connectivity index (χ0n) is 5.20. The van der Waals surface area contributed by atoms with Gasteiger partial charge in [-0.3, -0.25) is 0 Å². The van der Waals surface area contributed by atoms with E-state index in [0.29, 0.717) is 13.1 Å². The summed E-state index contributed by atoms with van der Waals surface area (Å²) in [4.78, 5) is 11.1. The lowest BCUT2D eigenvalue weighted by Crippen LogP contribution is -2.29. The number of rotatable bonds is 2. The number of hydrogen-bond donors (Lipinski definition) is 2. The molecule has 0 aromatic carbocycles. The van der Waals surface area contributed by atoms with Gasteiger partial charge in [-0.1, -0.05) is 0 Å². The highest BCUT2D eigenvalue weighted by atomic mass is 35.5. The molecular weight excluding hydrogens is 144 g/mol. The Kier molecular flexibility index (Phi) is 7.12. The number of hydrogen-bond acceptors (Lipinski definition) is 2. The Morgan fingerprint density at radius 1 is 1.78 bits per heavy atom. The Morgan fingerprint density at radius 2 is 2.22 bits per heavy atom. The van der Waals surface area contributed by atoms with Crippen LogP contribution in [0.4, 0.5) is 4.79 Å². The Bertz CT molecular complexity index is 88.6. The molecule has 0 fully saturated rings. The molecule has 0 spiro atoms. The summed E-state index contributed by atoms with van der Waals surface area (Å²) < 4.78 is 0. The van der Waals surface area contributed by atoms with Gasteiger partial charge in [0.2, 0.25) is 0 Å². The zero-order valence-corrected chi connectivity index (χ0v) is 6.02. The summed E-state index contributed by atoms with van der Waals surface area (Å²) in [5.41, 5.74) is 5.06. The molecule has 0 aliphatic carbocycles. The highest BCUT2D eigenvalue weighted by Gasteiger charge is 2.00. The van der Waals surface area contributed by atoms with Gasteiger partial charge in [0.05, 0.1) is 0 Å². The van der Waals surface area contributed by atoms with Gasteiger partial charge in [0, 0.05) is 20.1 Å². The van der Waals surface area contributed by atoms with Crippen molar-refractivity contribution >= 4 is 18.5 Å². The van der Waals surface area contributed by atoms with Crippen LogP contribution in [-0.2, 0) is 0 Å². The van der Waals surface area contributed by atoms with Gasteiger partial charge in [0.25, 0.3) is 0 Å². The molecular formula is C4H11ClN2O2. The van der Waals surface area contributed by atoms with E-state index in [9.17, 15) is 4.79 Å². The van der Waals surface area contributed by atoms with Crippen LogP contribution in [0.5, 0.6) is 0 Å². The highest BCUT2D eigenvalue weighted by Crippen LogP contribution is 1.78. The van der Waals surface area contributed by atoms with Crippen molar-refractivity contribution in [1.82, 2.24) is 4.90 Å². The van der Waals surface area contributed by atoms with E-state index in [1.165, 1.54) is 7.05 Å². The Labute approximate surface area is 60.0 Å². The van der Waals surface area contributed by atoms with Crippen molar-refractivity contribution < 1.29 is 9.90 Å². The van der Waals surface area contributed by atoms with Crippen LogP contribution in [0.2, 0.25) is 0 Å². The van der Waals surface area contributed by atoms with Crippen molar-refractivity contribution in [3.05, 3.63) is 0 Å². The molecule has 9 heavy (non-hydrogen) atoms. The third kappa shape index (κ3) is 5.39. The SMILES string of the molecule is CN(CCN)C(=O)O.Cl. The quantitative estimate of drug-likeness (QED) is 0.588. The molecule has 0 saturated heterocycles. The van der Waals surface area contributed by atoms with E-state index in [2.05, 4.69) is 0 Å². The van der Waals surface area contributed by atoms with Crippen molar-refractivity contribution in [2.75, 3.05) is 20.1 Å². The molecule has 0 aliphatic heterocycles.